The predicted octanol–water partition coefficient (Wildman–Crippen LogP) is 7.10. The number of carbonyl (C=O) groups is 2. The van der Waals surface area contributed by atoms with Crippen LogP contribution in [0.5, 0.6) is 0 Å². The van der Waals surface area contributed by atoms with E-state index in [0.717, 1.165) is 22.3 Å². The maximum absolute atomic E-state index is 12.6. The lowest BCUT2D eigenvalue weighted by Gasteiger charge is -2.26. The Labute approximate surface area is 260 Å². The van der Waals surface area contributed by atoms with Crippen molar-refractivity contribution in [2.24, 2.45) is 0 Å². The van der Waals surface area contributed by atoms with Gasteiger partial charge in [-0.05, 0) is 74.9 Å². The maximum atomic E-state index is 12.6. The van der Waals surface area contributed by atoms with Gasteiger partial charge < -0.3 is 29.6 Å². The third-order valence-electron chi connectivity index (χ3n) is 7.66. The standard InChI is InChI=1S/C36H44N2O6/c1-35(2,3)43-33(39)37-31-27-13-9-7-11-25(27)19-29(31)41-21-23-15-17-24(18-16-23)22-42-30-20-26-12-8-10-14-28(26)32(30)38-34(40)44-36(4,5)6/h7-18,29-32H,19-22H2,1-6H3,(H,37,39)(H,38,40)/t29-,30-,31+,32+/m1/s1. The van der Waals surface area contributed by atoms with Gasteiger partial charge in [0.1, 0.15) is 11.2 Å². The number of alkyl carbamates (subject to hydrolysis) is 2. The van der Waals surface area contributed by atoms with Crippen LogP contribution in [0.3, 0.4) is 0 Å². The van der Waals surface area contributed by atoms with E-state index in [9.17, 15) is 9.59 Å². The van der Waals surface area contributed by atoms with Crippen molar-refractivity contribution in [2.45, 2.75) is 103 Å². The van der Waals surface area contributed by atoms with Gasteiger partial charge in [0.05, 0.1) is 37.5 Å². The van der Waals surface area contributed by atoms with Gasteiger partial charge in [-0.3, -0.25) is 0 Å². The molecule has 2 N–H and O–H groups in total. The smallest absolute Gasteiger partial charge is 0.408 e. The molecule has 234 valence electrons. The lowest BCUT2D eigenvalue weighted by molar-refractivity contribution is 0.0111. The number of fused-ring (bicyclic) bond motifs is 2. The molecule has 8 heteroatoms. The Kier molecular flexibility index (Phi) is 9.32. The monoisotopic (exact) mass is 600 g/mol. The third kappa shape index (κ3) is 8.18. The number of amides is 2. The Morgan fingerprint density at radius 1 is 0.614 bits per heavy atom. The van der Waals surface area contributed by atoms with Crippen molar-refractivity contribution in [3.63, 3.8) is 0 Å². The van der Waals surface area contributed by atoms with Gasteiger partial charge in [0, 0.05) is 12.8 Å². The molecule has 8 nitrogen and oxygen atoms in total. The molecule has 0 saturated carbocycles. The molecule has 0 bridgehead atoms. The van der Waals surface area contributed by atoms with Crippen LogP contribution in [0.4, 0.5) is 9.59 Å². The maximum Gasteiger partial charge on any atom is 0.408 e. The van der Waals surface area contributed by atoms with Crippen LogP contribution in [-0.4, -0.2) is 35.6 Å². The number of nitrogens with one attached hydrogen (secondary N) is 2. The lowest BCUT2D eigenvalue weighted by Crippen LogP contribution is -2.39. The molecule has 0 unspecified atom stereocenters. The van der Waals surface area contributed by atoms with Crippen molar-refractivity contribution >= 4 is 12.2 Å². The van der Waals surface area contributed by atoms with Crippen LogP contribution in [0.2, 0.25) is 0 Å². The van der Waals surface area contributed by atoms with Crippen LogP contribution in [0.1, 0.15) is 87.0 Å². The highest BCUT2D eigenvalue weighted by molar-refractivity contribution is 5.69. The topological polar surface area (TPSA) is 95.1 Å². The second kappa shape index (κ2) is 13.0. The van der Waals surface area contributed by atoms with Crippen LogP contribution >= 0.6 is 0 Å². The average molecular weight is 601 g/mol. The number of ether oxygens (including phenoxy) is 4. The zero-order valence-corrected chi connectivity index (χ0v) is 26.5. The minimum atomic E-state index is -0.582. The summed E-state index contributed by atoms with van der Waals surface area (Å²) in [7, 11) is 0. The number of rotatable bonds is 8. The fraction of sp³-hybridized carbons (Fsp3) is 0.444. The summed E-state index contributed by atoms with van der Waals surface area (Å²) in [5.41, 5.74) is 5.34. The van der Waals surface area contributed by atoms with Crippen molar-refractivity contribution < 1.29 is 28.5 Å². The molecule has 3 aromatic rings. The summed E-state index contributed by atoms with van der Waals surface area (Å²) in [6, 6.07) is 23.8. The molecule has 2 amide bonds. The van der Waals surface area contributed by atoms with Crippen molar-refractivity contribution in [3.8, 4) is 0 Å². The van der Waals surface area contributed by atoms with Gasteiger partial charge in [-0.15, -0.1) is 0 Å². The van der Waals surface area contributed by atoms with Gasteiger partial charge in [0.15, 0.2) is 0 Å². The second-order valence-corrected chi connectivity index (χ2v) is 13.6. The average Bonchev–Trinajstić information content (AvgIpc) is 3.47. The molecule has 0 radical (unpaired) electrons. The zero-order valence-electron chi connectivity index (χ0n) is 26.5. The summed E-state index contributed by atoms with van der Waals surface area (Å²) in [6.45, 7) is 11.9. The van der Waals surface area contributed by atoms with E-state index in [1.807, 2.05) is 102 Å². The number of hydrogen-bond acceptors (Lipinski definition) is 6. The summed E-state index contributed by atoms with van der Waals surface area (Å²) >= 11 is 0. The molecule has 4 atom stereocenters. The van der Waals surface area contributed by atoms with Crippen LogP contribution in [0.25, 0.3) is 0 Å². The Balaban J connectivity index is 1.17. The van der Waals surface area contributed by atoms with Crippen molar-refractivity contribution in [3.05, 3.63) is 106 Å². The van der Waals surface area contributed by atoms with Gasteiger partial charge in [0.2, 0.25) is 0 Å². The van der Waals surface area contributed by atoms with E-state index < -0.39 is 23.4 Å². The highest BCUT2D eigenvalue weighted by atomic mass is 16.6. The molecule has 0 heterocycles. The minimum absolute atomic E-state index is 0.207. The number of benzene rings is 3. The van der Waals surface area contributed by atoms with Crippen molar-refractivity contribution in [1.29, 1.82) is 0 Å². The van der Waals surface area contributed by atoms with E-state index >= 15 is 0 Å². The fourth-order valence-corrected chi connectivity index (χ4v) is 5.78. The molecule has 44 heavy (non-hydrogen) atoms. The predicted molar refractivity (Wildman–Crippen MR) is 168 cm³/mol. The van der Waals surface area contributed by atoms with E-state index in [0.29, 0.717) is 26.1 Å². The highest BCUT2D eigenvalue weighted by Gasteiger charge is 2.36. The Morgan fingerprint density at radius 2 is 0.977 bits per heavy atom. The van der Waals surface area contributed by atoms with Crippen LogP contribution < -0.4 is 10.6 Å². The Bertz CT molecular complexity index is 1350. The first-order valence-electron chi connectivity index (χ1n) is 15.3. The molecular formula is C36H44N2O6. The first-order valence-corrected chi connectivity index (χ1v) is 15.3. The molecule has 0 fully saturated rings. The van der Waals surface area contributed by atoms with E-state index in [-0.39, 0.29) is 24.3 Å². The molecule has 0 aliphatic heterocycles. The molecule has 0 spiro atoms. The molecular weight excluding hydrogens is 556 g/mol. The second-order valence-electron chi connectivity index (χ2n) is 13.6. The third-order valence-corrected chi connectivity index (χ3v) is 7.66. The van der Waals surface area contributed by atoms with Crippen LogP contribution in [-0.2, 0) is 45.0 Å². The van der Waals surface area contributed by atoms with Crippen molar-refractivity contribution in [1.82, 2.24) is 10.6 Å². The minimum Gasteiger partial charge on any atom is -0.444 e. The molecule has 2 aliphatic carbocycles. The number of hydrogen-bond donors (Lipinski definition) is 2. The van der Waals surface area contributed by atoms with Gasteiger partial charge in [-0.1, -0.05) is 72.8 Å². The summed E-state index contributed by atoms with van der Waals surface area (Å²) in [5.74, 6) is 0. The van der Waals surface area contributed by atoms with Crippen LogP contribution in [0, 0.1) is 0 Å². The first kappa shape index (κ1) is 31.5. The van der Waals surface area contributed by atoms with E-state index in [1.54, 1.807) is 0 Å². The van der Waals surface area contributed by atoms with Gasteiger partial charge in [-0.2, -0.15) is 0 Å². The summed E-state index contributed by atoms with van der Waals surface area (Å²) in [5, 5.41) is 6.05. The van der Waals surface area contributed by atoms with Crippen LogP contribution in [0.15, 0.2) is 72.8 Å². The highest BCUT2D eigenvalue weighted by Crippen LogP contribution is 2.35. The lowest BCUT2D eigenvalue weighted by atomic mass is 10.1. The quantitative estimate of drug-likeness (QED) is 0.286. The molecule has 0 saturated heterocycles. The zero-order chi connectivity index (χ0) is 31.5. The van der Waals surface area contributed by atoms with E-state index in [4.69, 9.17) is 18.9 Å². The molecule has 5 rings (SSSR count). The summed E-state index contributed by atoms with van der Waals surface area (Å²) < 4.78 is 23.8. The SMILES string of the molecule is CC(C)(C)OC(=O)N[C@H]1c2ccccc2C[C@H]1OCc1ccc(CO[C@@H]2Cc3ccccc3[C@@H]2NC(=O)OC(C)(C)C)cc1. The normalized spacial score (nSPS) is 20.9. The Hall–Kier alpha value is -3.88. The first-order chi connectivity index (χ1) is 20.8. The van der Waals surface area contributed by atoms with Gasteiger partial charge >= 0.3 is 12.2 Å². The van der Waals surface area contributed by atoms with Gasteiger partial charge in [0.25, 0.3) is 0 Å². The van der Waals surface area contributed by atoms with E-state index in [1.165, 1.54) is 11.1 Å². The Morgan fingerprint density at radius 3 is 1.34 bits per heavy atom. The van der Waals surface area contributed by atoms with Crippen molar-refractivity contribution in [2.75, 3.05) is 0 Å². The fourth-order valence-electron chi connectivity index (χ4n) is 5.78. The van der Waals surface area contributed by atoms with E-state index in [2.05, 4.69) is 22.8 Å². The summed E-state index contributed by atoms with van der Waals surface area (Å²) in [6.07, 6.45) is 0.107. The summed E-state index contributed by atoms with van der Waals surface area (Å²) in [4.78, 5) is 25.2. The molecule has 3 aromatic carbocycles. The van der Waals surface area contributed by atoms with Gasteiger partial charge in [-0.25, -0.2) is 9.59 Å². The number of carbonyl (C=O) groups excluding carboxylic acids is 2. The largest absolute Gasteiger partial charge is 0.444 e. The molecule has 0 aromatic heterocycles. The molecule has 2 aliphatic rings.